The van der Waals surface area contributed by atoms with Crippen molar-refractivity contribution in [3.05, 3.63) is 0 Å². The van der Waals surface area contributed by atoms with E-state index in [1.165, 1.54) is 19.3 Å². The topological polar surface area (TPSA) is 58.9 Å². The van der Waals surface area contributed by atoms with E-state index in [1.54, 1.807) is 0 Å². The number of fused-ring (bicyclic) bond motifs is 5. The Morgan fingerprint density at radius 2 is 1.65 bits per heavy atom. The maximum absolute atomic E-state index is 12.0. The van der Waals surface area contributed by atoms with Crippen LogP contribution in [0.2, 0.25) is 0 Å². The van der Waals surface area contributed by atoms with Gasteiger partial charge in [0.2, 0.25) is 0 Å². The Kier molecular flexibility index (Phi) is 4.98. The lowest BCUT2D eigenvalue weighted by Crippen LogP contribution is -2.61. The summed E-state index contributed by atoms with van der Waals surface area (Å²) in [6.07, 6.45) is 7.76. The highest BCUT2D eigenvalue weighted by Gasteiger charge is 2.71. The van der Waals surface area contributed by atoms with Crippen LogP contribution in [0.3, 0.4) is 0 Å². The van der Waals surface area contributed by atoms with Gasteiger partial charge in [0.05, 0.1) is 13.2 Å². The van der Waals surface area contributed by atoms with Crippen molar-refractivity contribution in [1.82, 2.24) is 0 Å². The van der Waals surface area contributed by atoms with Crippen LogP contribution in [0, 0.1) is 57.7 Å². The van der Waals surface area contributed by atoms with Crippen molar-refractivity contribution in [3.8, 4) is 11.8 Å². The van der Waals surface area contributed by atoms with Crippen molar-refractivity contribution in [2.75, 3.05) is 19.8 Å². The van der Waals surface area contributed by atoms with Crippen LogP contribution >= 0.6 is 0 Å². The lowest BCUT2D eigenvalue weighted by Gasteiger charge is -2.64. The number of aliphatic hydroxyl groups excluding tert-OH is 1. The van der Waals surface area contributed by atoms with Gasteiger partial charge in [-0.05, 0) is 67.1 Å². The minimum atomic E-state index is -1.04. The van der Waals surface area contributed by atoms with E-state index in [9.17, 15) is 10.2 Å². The minimum Gasteiger partial charge on any atom is -0.384 e. The van der Waals surface area contributed by atoms with E-state index in [0.717, 1.165) is 38.9 Å². The number of hydrogen-bond acceptors (Lipinski definition) is 4. The monoisotopic (exact) mass is 430 g/mol. The molecule has 0 aromatic rings. The van der Waals surface area contributed by atoms with Gasteiger partial charge in [0.15, 0.2) is 5.79 Å². The predicted octanol–water partition coefficient (Wildman–Crippen LogP) is 4.38. The number of hydrogen-bond donors (Lipinski definition) is 2. The molecule has 4 nitrogen and oxygen atoms in total. The highest BCUT2D eigenvalue weighted by molar-refractivity contribution is 5.31. The van der Waals surface area contributed by atoms with Gasteiger partial charge in [0.1, 0.15) is 12.2 Å². The fourth-order valence-corrected chi connectivity index (χ4v) is 9.53. The average molecular weight is 431 g/mol. The molecule has 2 N–H and O–H groups in total. The van der Waals surface area contributed by atoms with Crippen LogP contribution in [0.25, 0.3) is 0 Å². The first-order chi connectivity index (χ1) is 14.5. The summed E-state index contributed by atoms with van der Waals surface area (Å²) >= 11 is 0. The third kappa shape index (κ3) is 2.76. The highest BCUT2D eigenvalue weighted by atomic mass is 16.7. The molecule has 4 saturated carbocycles. The van der Waals surface area contributed by atoms with E-state index in [1.807, 2.05) is 0 Å². The molecule has 5 fully saturated rings. The average Bonchev–Trinajstić information content (AvgIpc) is 3.22. The lowest BCUT2D eigenvalue weighted by atomic mass is 9.42. The SMILES string of the molecule is C[C@H]1CC2(C[C@@H]3CC[C@@H]4[C@H](CC[C@@]5(C)[C@H]4CC(C)(C)[C@@]5(O)C#CCO)[C@]31C)OCCO2. The third-order valence-corrected chi connectivity index (χ3v) is 11.3. The quantitative estimate of drug-likeness (QED) is 0.560. The largest absolute Gasteiger partial charge is 0.384 e. The summed E-state index contributed by atoms with van der Waals surface area (Å²) in [5.74, 6) is 8.73. The second-order valence-electron chi connectivity index (χ2n) is 12.6. The fourth-order valence-electron chi connectivity index (χ4n) is 9.53. The Bertz CT molecular complexity index is 789. The van der Waals surface area contributed by atoms with E-state index in [0.29, 0.717) is 35.0 Å². The molecular weight excluding hydrogens is 388 g/mol. The molecular formula is C27H42O4. The maximum atomic E-state index is 12.0. The van der Waals surface area contributed by atoms with Crippen molar-refractivity contribution >= 4 is 0 Å². The molecule has 0 bridgehead atoms. The van der Waals surface area contributed by atoms with Crippen LogP contribution in [0.1, 0.15) is 79.6 Å². The fraction of sp³-hybridized carbons (Fsp3) is 0.926. The van der Waals surface area contributed by atoms with Crippen molar-refractivity contribution in [2.24, 2.45) is 45.8 Å². The number of ether oxygens (including phenoxy) is 2. The summed E-state index contributed by atoms with van der Waals surface area (Å²) in [6, 6.07) is 0. The Hall–Kier alpha value is -0.600. The van der Waals surface area contributed by atoms with Crippen LogP contribution in [-0.2, 0) is 9.47 Å². The van der Waals surface area contributed by atoms with Crippen molar-refractivity contribution in [3.63, 3.8) is 0 Å². The van der Waals surface area contributed by atoms with Crippen LogP contribution in [0.5, 0.6) is 0 Å². The van der Waals surface area contributed by atoms with Gasteiger partial charge < -0.3 is 19.7 Å². The summed E-state index contributed by atoms with van der Waals surface area (Å²) in [5.41, 5.74) is -1.20. The molecule has 4 heteroatoms. The molecule has 0 aromatic carbocycles. The molecule has 5 rings (SSSR count). The van der Waals surface area contributed by atoms with Crippen LogP contribution in [-0.4, -0.2) is 41.4 Å². The minimum absolute atomic E-state index is 0.186. The van der Waals surface area contributed by atoms with Gasteiger partial charge in [0.25, 0.3) is 0 Å². The molecule has 1 spiro atoms. The molecule has 5 aliphatic rings. The second-order valence-corrected chi connectivity index (χ2v) is 12.6. The van der Waals surface area contributed by atoms with E-state index < -0.39 is 5.60 Å². The van der Waals surface area contributed by atoms with E-state index in [2.05, 4.69) is 46.5 Å². The zero-order valence-corrected chi connectivity index (χ0v) is 20.2. The van der Waals surface area contributed by atoms with Gasteiger partial charge in [-0.1, -0.05) is 46.5 Å². The summed E-state index contributed by atoms with van der Waals surface area (Å²) in [7, 11) is 0. The summed E-state index contributed by atoms with van der Waals surface area (Å²) < 4.78 is 12.3. The predicted molar refractivity (Wildman–Crippen MR) is 120 cm³/mol. The number of rotatable bonds is 0. The summed E-state index contributed by atoms with van der Waals surface area (Å²) in [6.45, 7) is 13.0. The Morgan fingerprint density at radius 3 is 2.32 bits per heavy atom. The molecule has 0 radical (unpaired) electrons. The second kappa shape index (κ2) is 6.95. The summed E-state index contributed by atoms with van der Waals surface area (Å²) in [5, 5.41) is 21.3. The van der Waals surface area contributed by atoms with Gasteiger partial charge in [-0.25, -0.2) is 0 Å². The van der Waals surface area contributed by atoms with Crippen LogP contribution < -0.4 is 0 Å². The molecule has 8 atom stereocenters. The Morgan fingerprint density at radius 1 is 0.935 bits per heavy atom. The number of aliphatic hydroxyl groups is 2. The molecule has 0 amide bonds. The zero-order chi connectivity index (χ0) is 22.3. The van der Waals surface area contributed by atoms with Gasteiger partial charge in [0, 0.05) is 23.7 Å². The molecule has 0 unspecified atom stereocenters. The van der Waals surface area contributed by atoms with Crippen LogP contribution in [0.4, 0.5) is 0 Å². The first-order valence-electron chi connectivity index (χ1n) is 12.6. The van der Waals surface area contributed by atoms with E-state index in [-0.39, 0.29) is 23.2 Å². The molecule has 1 aliphatic heterocycles. The molecule has 4 aliphatic carbocycles. The van der Waals surface area contributed by atoms with Crippen LogP contribution in [0.15, 0.2) is 0 Å². The molecule has 1 heterocycles. The van der Waals surface area contributed by atoms with Crippen molar-refractivity contribution in [2.45, 2.75) is 91.0 Å². The van der Waals surface area contributed by atoms with Gasteiger partial charge in [-0.15, -0.1) is 0 Å². The first-order valence-corrected chi connectivity index (χ1v) is 12.6. The van der Waals surface area contributed by atoms with Gasteiger partial charge in [-0.2, -0.15) is 0 Å². The van der Waals surface area contributed by atoms with E-state index >= 15 is 0 Å². The van der Waals surface area contributed by atoms with Crippen molar-refractivity contribution < 1.29 is 19.7 Å². The standard InChI is InChI=1S/C27H42O4/c1-18-15-26(30-13-14-31-26)16-19-7-8-20-21(25(18,19)5)9-11-24(4)22(20)17-23(2,3)27(24,29)10-6-12-28/h18-22,28-29H,7-9,11-17H2,1-5H3/t18-,19-,20+,21-,22-,24-,25-,27-/m0/s1. The maximum Gasteiger partial charge on any atom is 0.169 e. The molecule has 174 valence electrons. The van der Waals surface area contributed by atoms with Crippen molar-refractivity contribution in [1.29, 1.82) is 0 Å². The van der Waals surface area contributed by atoms with Gasteiger partial charge >= 0.3 is 0 Å². The molecule has 31 heavy (non-hydrogen) atoms. The van der Waals surface area contributed by atoms with E-state index in [4.69, 9.17) is 9.47 Å². The molecule has 0 aromatic heterocycles. The highest BCUT2D eigenvalue weighted by Crippen LogP contribution is 2.72. The third-order valence-electron chi connectivity index (χ3n) is 11.3. The lowest BCUT2D eigenvalue weighted by molar-refractivity contribution is -0.249. The Balaban J connectivity index is 1.48. The Labute approximate surface area is 188 Å². The zero-order valence-electron chi connectivity index (χ0n) is 20.2. The molecule has 1 saturated heterocycles. The smallest absolute Gasteiger partial charge is 0.169 e. The normalized spacial score (nSPS) is 52.0. The summed E-state index contributed by atoms with van der Waals surface area (Å²) in [4.78, 5) is 0. The first kappa shape index (κ1) is 22.2. The van der Waals surface area contributed by atoms with Gasteiger partial charge in [-0.3, -0.25) is 0 Å².